The van der Waals surface area contributed by atoms with E-state index in [2.05, 4.69) is 4.90 Å². The van der Waals surface area contributed by atoms with Crippen LogP contribution in [0.25, 0.3) is 0 Å². The monoisotopic (exact) mass is 329 g/mol. The van der Waals surface area contributed by atoms with Gasteiger partial charge in [-0.25, -0.2) is 0 Å². The number of benzene rings is 1. The van der Waals surface area contributed by atoms with Crippen molar-refractivity contribution in [2.45, 2.75) is 43.6 Å². The fraction of sp³-hybridized carbons (Fsp3) is 0.500. The molecule has 1 aromatic carbocycles. The van der Waals surface area contributed by atoms with Crippen LogP contribution in [-0.2, 0) is 21.5 Å². The van der Waals surface area contributed by atoms with Gasteiger partial charge in [-0.15, -0.1) is 0 Å². The Labute approximate surface area is 139 Å². The second-order valence-corrected chi connectivity index (χ2v) is 7.00. The molecule has 2 bridgehead atoms. The highest BCUT2D eigenvalue weighted by molar-refractivity contribution is 5.66. The van der Waals surface area contributed by atoms with Gasteiger partial charge in [-0.1, -0.05) is 6.08 Å². The second-order valence-electron chi connectivity index (χ2n) is 7.00. The number of aliphatic hydroxyl groups is 1. The summed E-state index contributed by atoms with van der Waals surface area (Å²) < 4.78 is 16.4. The minimum absolute atomic E-state index is 0.120. The molecule has 1 fully saturated rings. The van der Waals surface area contributed by atoms with Crippen molar-refractivity contribution in [2.24, 2.45) is 0 Å². The van der Waals surface area contributed by atoms with Crippen LogP contribution in [0, 0.1) is 0 Å². The lowest BCUT2D eigenvalue weighted by atomic mass is 9.65. The first kappa shape index (κ1) is 14.3. The fourth-order valence-electron chi connectivity index (χ4n) is 4.82. The molecule has 1 saturated heterocycles. The molecule has 3 aliphatic heterocycles. The van der Waals surface area contributed by atoms with Crippen LogP contribution < -0.4 is 9.47 Å². The fourth-order valence-corrected chi connectivity index (χ4v) is 4.82. The molecule has 6 nitrogen and oxygen atoms in total. The van der Waals surface area contributed by atoms with Crippen molar-refractivity contribution in [3.8, 4) is 11.5 Å². The first-order chi connectivity index (χ1) is 11.6. The molecule has 126 valence electrons. The number of rotatable bonds is 1. The van der Waals surface area contributed by atoms with Crippen molar-refractivity contribution in [2.75, 3.05) is 13.3 Å². The Morgan fingerprint density at radius 2 is 2.17 bits per heavy atom. The number of fused-ring (bicyclic) bond motifs is 2. The quantitative estimate of drug-likeness (QED) is 0.615. The van der Waals surface area contributed by atoms with E-state index in [1.54, 1.807) is 0 Å². The summed E-state index contributed by atoms with van der Waals surface area (Å²) in [6.45, 7) is 3.04. The maximum absolute atomic E-state index is 11.3. The van der Waals surface area contributed by atoms with E-state index in [9.17, 15) is 9.90 Å². The summed E-state index contributed by atoms with van der Waals surface area (Å²) in [5.41, 5.74) is 1.81. The van der Waals surface area contributed by atoms with E-state index in [0.29, 0.717) is 13.0 Å². The van der Waals surface area contributed by atoms with Crippen molar-refractivity contribution in [3.63, 3.8) is 0 Å². The molecule has 24 heavy (non-hydrogen) atoms. The lowest BCUT2D eigenvalue weighted by Gasteiger charge is -2.46. The van der Waals surface area contributed by atoms with Crippen LogP contribution in [0.1, 0.15) is 24.5 Å². The van der Waals surface area contributed by atoms with Crippen LogP contribution in [0.3, 0.4) is 0 Å². The highest BCUT2D eigenvalue weighted by atomic mass is 16.7. The third kappa shape index (κ3) is 1.75. The third-order valence-electron chi connectivity index (χ3n) is 5.75. The van der Waals surface area contributed by atoms with Gasteiger partial charge in [0.15, 0.2) is 11.5 Å². The van der Waals surface area contributed by atoms with Gasteiger partial charge in [0.1, 0.15) is 6.10 Å². The zero-order valence-electron chi connectivity index (χ0n) is 13.4. The zero-order chi connectivity index (χ0) is 16.5. The highest BCUT2D eigenvalue weighted by Crippen LogP contribution is 2.53. The molecule has 0 saturated carbocycles. The van der Waals surface area contributed by atoms with E-state index < -0.39 is 11.5 Å². The number of carbonyl (C=O) groups is 1. The maximum Gasteiger partial charge on any atom is 0.303 e. The van der Waals surface area contributed by atoms with Crippen LogP contribution in [-0.4, -0.2) is 47.6 Å². The van der Waals surface area contributed by atoms with Gasteiger partial charge in [-0.3, -0.25) is 9.69 Å². The Balaban J connectivity index is 1.63. The summed E-state index contributed by atoms with van der Waals surface area (Å²) >= 11 is 0. The van der Waals surface area contributed by atoms with Crippen molar-refractivity contribution in [3.05, 3.63) is 35.4 Å². The van der Waals surface area contributed by atoms with Crippen LogP contribution in [0.15, 0.2) is 24.3 Å². The second kappa shape index (κ2) is 4.74. The predicted molar refractivity (Wildman–Crippen MR) is 83.8 cm³/mol. The van der Waals surface area contributed by atoms with Gasteiger partial charge >= 0.3 is 5.97 Å². The lowest BCUT2D eigenvalue weighted by molar-refractivity contribution is -0.145. The molecule has 6 heteroatoms. The third-order valence-corrected chi connectivity index (χ3v) is 5.75. The molecule has 3 heterocycles. The average molecular weight is 329 g/mol. The zero-order valence-corrected chi connectivity index (χ0v) is 13.4. The first-order valence-electron chi connectivity index (χ1n) is 8.29. The van der Waals surface area contributed by atoms with Gasteiger partial charge in [-0.05, 0) is 29.3 Å². The number of carbonyl (C=O) groups excluding carboxylic acids is 1. The summed E-state index contributed by atoms with van der Waals surface area (Å²) in [5.74, 6) is 1.24. The molecule has 1 aliphatic carbocycles. The molecule has 1 aromatic rings. The first-order valence-corrected chi connectivity index (χ1v) is 8.29. The number of hydrogen-bond donors (Lipinski definition) is 1. The summed E-state index contributed by atoms with van der Waals surface area (Å²) in [6.07, 6.45) is 3.94. The van der Waals surface area contributed by atoms with E-state index in [0.717, 1.165) is 23.6 Å². The van der Waals surface area contributed by atoms with Crippen LogP contribution in [0.2, 0.25) is 0 Å². The summed E-state index contributed by atoms with van der Waals surface area (Å²) in [5, 5.41) is 10.9. The van der Waals surface area contributed by atoms with Gasteiger partial charge in [0, 0.05) is 32.5 Å². The van der Waals surface area contributed by atoms with E-state index >= 15 is 0 Å². The Kier molecular flexibility index (Phi) is 2.82. The van der Waals surface area contributed by atoms with Gasteiger partial charge in [-0.2, -0.15) is 0 Å². The van der Waals surface area contributed by atoms with Crippen LogP contribution >= 0.6 is 0 Å². The largest absolute Gasteiger partial charge is 0.458 e. The van der Waals surface area contributed by atoms with E-state index in [1.165, 1.54) is 12.5 Å². The van der Waals surface area contributed by atoms with Crippen molar-refractivity contribution >= 4 is 5.97 Å². The maximum atomic E-state index is 11.3. The Hall–Kier alpha value is -2.05. The van der Waals surface area contributed by atoms with E-state index in [-0.39, 0.29) is 24.9 Å². The molecule has 1 unspecified atom stereocenters. The van der Waals surface area contributed by atoms with Gasteiger partial charge in [0.25, 0.3) is 0 Å². The van der Waals surface area contributed by atoms with Gasteiger partial charge in [0.05, 0.1) is 11.5 Å². The standard InChI is InChI=1S/C18H19NO5/c1-10(20)24-12-2-3-18-13-6-15-14(22-9-23-15)4-11(13)7-19(8-17(18)21)16(18)5-12/h2-4,6,12,16-17,21H,5,7-9H2,1H3/t12-,16-,17-,18-/m0/s1. The lowest BCUT2D eigenvalue weighted by Crippen LogP contribution is -2.52. The van der Waals surface area contributed by atoms with E-state index in [4.69, 9.17) is 14.2 Å². The Bertz CT molecular complexity index is 760. The van der Waals surface area contributed by atoms with Crippen LogP contribution in [0.5, 0.6) is 11.5 Å². The molecule has 5 rings (SSSR count). The number of aliphatic hydroxyl groups excluding tert-OH is 1. The van der Waals surface area contributed by atoms with Crippen LogP contribution in [0.4, 0.5) is 0 Å². The summed E-state index contributed by atoms with van der Waals surface area (Å²) in [7, 11) is 0. The topological polar surface area (TPSA) is 68.2 Å². The van der Waals surface area contributed by atoms with Crippen molar-refractivity contribution < 1.29 is 24.1 Å². The Morgan fingerprint density at radius 3 is 2.96 bits per heavy atom. The molecule has 0 amide bonds. The average Bonchev–Trinajstić information content (AvgIpc) is 3.06. The molecule has 0 aromatic heterocycles. The number of ether oxygens (including phenoxy) is 3. The molecule has 4 aliphatic rings. The van der Waals surface area contributed by atoms with E-state index in [1.807, 2.05) is 24.3 Å². The number of hydrogen-bond acceptors (Lipinski definition) is 6. The predicted octanol–water partition coefficient (Wildman–Crippen LogP) is 1.10. The minimum atomic E-state index is -0.487. The smallest absolute Gasteiger partial charge is 0.303 e. The molecule has 5 atom stereocenters. The van der Waals surface area contributed by atoms with Crippen molar-refractivity contribution in [1.82, 2.24) is 4.90 Å². The minimum Gasteiger partial charge on any atom is -0.458 e. The molecule has 0 spiro atoms. The summed E-state index contributed by atoms with van der Waals surface area (Å²) in [4.78, 5) is 13.6. The SMILES string of the molecule is CC(=O)O[C@H]1C=C[C@@]23c4cc5c(cc4CN(C[C@@H]2O)[C@H]3C1)OCO5. The Morgan fingerprint density at radius 1 is 1.38 bits per heavy atom. The van der Waals surface area contributed by atoms with Crippen molar-refractivity contribution in [1.29, 1.82) is 0 Å². The molecule has 1 N–H and O–H groups in total. The molecule has 0 radical (unpaired) electrons. The molecular weight excluding hydrogens is 310 g/mol. The highest BCUT2D eigenvalue weighted by Gasteiger charge is 2.58. The van der Waals surface area contributed by atoms with Gasteiger partial charge in [0.2, 0.25) is 6.79 Å². The normalized spacial score (nSPS) is 37.8. The number of nitrogens with zero attached hydrogens (tertiary/aromatic N) is 1. The summed E-state index contributed by atoms with van der Waals surface area (Å²) in [6, 6.07) is 4.18. The number of esters is 1. The van der Waals surface area contributed by atoms with Gasteiger partial charge < -0.3 is 19.3 Å². The molecular formula is C18H19NO5.